The van der Waals surface area contributed by atoms with Crippen LogP contribution in [-0.2, 0) is 23.2 Å². The van der Waals surface area contributed by atoms with Gasteiger partial charge in [-0.3, -0.25) is 9.59 Å². The van der Waals surface area contributed by atoms with Gasteiger partial charge in [0.25, 0.3) is 11.9 Å². The maximum atomic E-state index is 10.7. The minimum atomic E-state index is -1.87. The number of carbonyl (C=O) groups excluding carboxylic acids is 3. The van der Waals surface area contributed by atoms with Crippen LogP contribution >= 0.6 is 0 Å². The third-order valence-corrected chi connectivity index (χ3v) is 3.27. The van der Waals surface area contributed by atoms with Gasteiger partial charge < -0.3 is 8.85 Å². The first-order valence-corrected chi connectivity index (χ1v) is 6.35. The van der Waals surface area contributed by atoms with Crippen molar-refractivity contribution in [2.45, 2.75) is 32.7 Å². The summed E-state index contributed by atoms with van der Waals surface area (Å²) in [6.07, 6.45) is 2.79. The van der Waals surface area contributed by atoms with Crippen LogP contribution in [0.1, 0.15) is 26.7 Å². The Bertz CT molecular complexity index is 272. The molecule has 0 fully saturated rings. The van der Waals surface area contributed by atoms with E-state index in [2.05, 4.69) is 4.99 Å². The zero-order chi connectivity index (χ0) is 12.4. The van der Waals surface area contributed by atoms with E-state index in [1.807, 2.05) is 0 Å². The Morgan fingerprint density at radius 2 is 1.75 bits per heavy atom. The van der Waals surface area contributed by atoms with Gasteiger partial charge in [0.15, 0.2) is 0 Å². The Balaban J connectivity index is 3.86. The zero-order valence-corrected chi connectivity index (χ0v) is 10.3. The van der Waals surface area contributed by atoms with E-state index in [9.17, 15) is 14.4 Å². The van der Waals surface area contributed by atoms with Crippen molar-refractivity contribution in [3.8, 4) is 0 Å². The van der Waals surface area contributed by atoms with Crippen molar-refractivity contribution < 1.29 is 23.2 Å². The molecular weight excluding hydrogens is 230 g/mol. The van der Waals surface area contributed by atoms with Crippen LogP contribution in [-0.4, -0.2) is 33.8 Å². The maximum absolute atomic E-state index is 10.7. The summed E-state index contributed by atoms with van der Waals surface area (Å²) in [7, 11) is -1.87. The highest BCUT2D eigenvalue weighted by Gasteiger charge is 2.22. The molecule has 0 aromatic carbocycles. The summed E-state index contributed by atoms with van der Waals surface area (Å²) in [5, 5.41) is 0. The van der Waals surface area contributed by atoms with Gasteiger partial charge in [-0.1, -0.05) is 0 Å². The highest BCUT2D eigenvalue weighted by molar-refractivity contribution is 6.48. The summed E-state index contributed by atoms with van der Waals surface area (Å²) in [5.41, 5.74) is 0. The van der Waals surface area contributed by atoms with Crippen molar-refractivity contribution in [1.29, 1.82) is 0 Å². The average Bonchev–Trinajstić information content (AvgIpc) is 2.15. The first-order chi connectivity index (χ1) is 7.56. The molecule has 16 heavy (non-hydrogen) atoms. The molecule has 0 aliphatic heterocycles. The second kappa shape index (κ2) is 8.81. The molecule has 0 bridgehead atoms. The predicted molar refractivity (Wildman–Crippen MR) is 56.3 cm³/mol. The van der Waals surface area contributed by atoms with Crippen LogP contribution in [0, 0.1) is 0 Å². The molecule has 7 heteroatoms. The molecule has 0 spiro atoms. The van der Waals surface area contributed by atoms with Crippen molar-refractivity contribution in [2.24, 2.45) is 4.99 Å². The number of hydrogen-bond donors (Lipinski definition) is 0. The van der Waals surface area contributed by atoms with E-state index in [0.717, 1.165) is 0 Å². The lowest BCUT2D eigenvalue weighted by Crippen LogP contribution is -2.27. The highest BCUT2D eigenvalue weighted by atomic mass is 28.3. The van der Waals surface area contributed by atoms with Crippen molar-refractivity contribution in [1.82, 2.24) is 0 Å². The topological polar surface area (TPSA) is 82.0 Å². The largest absolute Gasteiger partial charge is 0.536 e. The Kier molecular flexibility index (Phi) is 8.01. The number of hydrogen-bond acceptors (Lipinski definition) is 6. The van der Waals surface area contributed by atoms with Gasteiger partial charge in [0, 0.05) is 19.9 Å². The summed E-state index contributed by atoms with van der Waals surface area (Å²) in [6.45, 7) is 2.93. The molecule has 0 amide bonds. The second-order valence-electron chi connectivity index (χ2n) is 2.99. The molecule has 0 aromatic heterocycles. The van der Waals surface area contributed by atoms with Gasteiger partial charge in [-0.15, -0.1) is 0 Å². The van der Waals surface area contributed by atoms with Crippen molar-refractivity contribution in [2.75, 3.05) is 6.54 Å². The van der Waals surface area contributed by atoms with Crippen LogP contribution in [0.15, 0.2) is 4.99 Å². The summed E-state index contributed by atoms with van der Waals surface area (Å²) in [6, 6.07) is 0.498. The van der Waals surface area contributed by atoms with E-state index in [1.54, 1.807) is 0 Å². The summed E-state index contributed by atoms with van der Waals surface area (Å²) in [5.74, 6) is -0.915. The average molecular weight is 244 g/mol. The third-order valence-electron chi connectivity index (χ3n) is 1.48. The molecule has 6 nitrogen and oxygen atoms in total. The molecule has 0 aliphatic rings. The number of nitrogens with zero attached hydrogens (tertiary/aromatic N) is 1. The van der Waals surface area contributed by atoms with Gasteiger partial charge in [0.1, 0.15) is 0 Å². The number of carbonyl (C=O) groups is 2. The molecule has 0 saturated carbocycles. The van der Waals surface area contributed by atoms with E-state index >= 15 is 0 Å². The van der Waals surface area contributed by atoms with Gasteiger partial charge in [0.05, 0.1) is 6.54 Å². The van der Waals surface area contributed by atoms with Gasteiger partial charge in [-0.25, -0.2) is 9.79 Å². The smallest absolute Gasteiger partial charge is 0.483 e. The second-order valence-corrected chi connectivity index (χ2v) is 4.64. The Morgan fingerprint density at radius 3 is 2.19 bits per heavy atom. The standard InChI is InChI=1S/C9H14NO5Si/c1-8(12)14-16(15-9(2)13)6-4-3-5-10-7-11/h3-6H2,1-2H3. The molecule has 0 N–H and O–H groups in total. The third kappa shape index (κ3) is 9.11. The minimum absolute atomic E-state index is 0.388. The fraction of sp³-hybridized carbons (Fsp3) is 0.667. The van der Waals surface area contributed by atoms with Gasteiger partial charge in [0.2, 0.25) is 6.08 Å². The van der Waals surface area contributed by atoms with E-state index in [-0.39, 0.29) is 0 Å². The summed E-state index contributed by atoms with van der Waals surface area (Å²) >= 11 is 0. The Labute approximate surface area is 95.5 Å². The quantitative estimate of drug-likeness (QED) is 0.285. The van der Waals surface area contributed by atoms with Crippen molar-refractivity contribution in [3.63, 3.8) is 0 Å². The molecule has 89 valence electrons. The molecule has 0 aliphatic carbocycles. The monoisotopic (exact) mass is 244 g/mol. The van der Waals surface area contributed by atoms with Gasteiger partial charge in [-0.05, 0) is 12.8 Å². The Morgan fingerprint density at radius 1 is 1.19 bits per heavy atom. The molecule has 0 atom stereocenters. The lowest BCUT2D eigenvalue weighted by molar-refractivity contribution is -0.137. The first-order valence-electron chi connectivity index (χ1n) is 4.82. The molecule has 0 aromatic rings. The highest BCUT2D eigenvalue weighted by Crippen LogP contribution is 2.05. The SMILES string of the molecule is CC(=O)O[Si](CCCCN=C=O)OC(C)=O. The van der Waals surface area contributed by atoms with Crippen LogP contribution in [0.3, 0.4) is 0 Å². The predicted octanol–water partition coefficient (Wildman–Crippen LogP) is 0.717. The number of unbranched alkanes of at least 4 members (excludes halogenated alkanes) is 1. The fourth-order valence-electron chi connectivity index (χ4n) is 0.949. The normalized spacial score (nSPS) is 9.44. The van der Waals surface area contributed by atoms with E-state index < -0.39 is 21.2 Å². The van der Waals surface area contributed by atoms with Crippen LogP contribution in [0.5, 0.6) is 0 Å². The van der Waals surface area contributed by atoms with Gasteiger partial charge >= 0.3 is 9.28 Å². The van der Waals surface area contributed by atoms with Crippen LogP contribution in [0.2, 0.25) is 6.04 Å². The van der Waals surface area contributed by atoms with Gasteiger partial charge in [-0.2, -0.15) is 0 Å². The number of isocyanates is 1. The molecule has 0 saturated heterocycles. The molecule has 1 radical (unpaired) electrons. The molecule has 0 rings (SSSR count). The number of aliphatic imine (C=N–C) groups is 1. The fourth-order valence-corrected chi connectivity index (χ4v) is 2.38. The zero-order valence-electron chi connectivity index (χ0n) is 9.32. The van der Waals surface area contributed by atoms with E-state index in [0.29, 0.717) is 25.4 Å². The lowest BCUT2D eigenvalue weighted by Gasteiger charge is -2.11. The summed E-state index contributed by atoms with van der Waals surface area (Å²) < 4.78 is 9.76. The van der Waals surface area contributed by atoms with Crippen LogP contribution in [0.4, 0.5) is 0 Å². The lowest BCUT2D eigenvalue weighted by atomic mass is 10.3. The number of rotatable bonds is 7. The molecular formula is C9H14NO5Si. The van der Waals surface area contributed by atoms with Crippen molar-refractivity contribution in [3.05, 3.63) is 0 Å². The maximum Gasteiger partial charge on any atom is 0.536 e. The summed E-state index contributed by atoms with van der Waals surface area (Å²) in [4.78, 5) is 34.6. The van der Waals surface area contributed by atoms with Crippen LogP contribution < -0.4 is 0 Å². The minimum Gasteiger partial charge on any atom is -0.483 e. The van der Waals surface area contributed by atoms with Crippen molar-refractivity contribution >= 4 is 27.3 Å². The van der Waals surface area contributed by atoms with E-state index in [1.165, 1.54) is 19.9 Å². The molecule has 0 unspecified atom stereocenters. The van der Waals surface area contributed by atoms with E-state index in [4.69, 9.17) is 8.85 Å². The van der Waals surface area contributed by atoms with Crippen LogP contribution in [0.25, 0.3) is 0 Å². The Hall–Kier alpha value is -1.46. The molecule has 0 heterocycles. The first kappa shape index (κ1) is 14.5.